The molecule has 0 bridgehead atoms. The van der Waals surface area contributed by atoms with Gasteiger partial charge in [0.2, 0.25) is 0 Å². The molecule has 0 aliphatic carbocycles. The summed E-state index contributed by atoms with van der Waals surface area (Å²) in [6.07, 6.45) is 2.47. The van der Waals surface area contributed by atoms with E-state index in [0.29, 0.717) is 5.65 Å². The van der Waals surface area contributed by atoms with Crippen LogP contribution in [0.1, 0.15) is 16.9 Å². The average molecular weight is 262 g/mol. The average Bonchev–Trinajstić information content (AvgIpc) is 3.04. The van der Waals surface area contributed by atoms with Crippen LogP contribution in [0.15, 0.2) is 18.3 Å². The van der Waals surface area contributed by atoms with Crippen LogP contribution in [0.2, 0.25) is 0 Å². The Balaban J connectivity index is 1.97. The van der Waals surface area contributed by atoms with E-state index >= 15 is 0 Å². The van der Waals surface area contributed by atoms with Crippen molar-refractivity contribution >= 4 is 17.4 Å². The Morgan fingerprint density at radius 1 is 1.53 bits per heavy atom. The molecular formula is C12H14N4O3. The monoisotopic (exact) mass is 262 g/mol. The predicted molar refractivity (Wildman–Crippen MR) is 67.6 cm³/mol. The number of carboxylic acids is 1. The number of hydrogen-bond acceptors (Lipinski definition) is 5. The summed E-state index contributed by atoms with van der Waals surface area (Å²) in [5.41, 5.74) is 0.600. The zero-order valence-corrected chi connectivity index (χ0v) is 10.5. The molecule has 0 saturated carbocycles. The van der Waals surface area contributed by atoms with Crippen molar-refractivity contribution in [2.45, 2.75) is 12.5 Å². The second-order valence-electron chi connectivity index (χ2n) is 4.50. The van der Waals surface area contributed by atoms with Crippen LogP contribution in [0.5, 0.6) is 0 Å². The minimum atomic E-state index is -1.03. The molecule has 2 aromatic rings. The molecule has 19 heavy (non-hydrogen) atoms. The highest BCUT2D eigenvalue weighted by Crippen LogP contribution is 2.20. The molecule has 1 atom stereocenters. The highest BCUT2D eigenvalue weighted by atomic mass is 16.5. The van der Waals surface area contributed by atoms with Crippen molar-refractivity contribution in [3.63, 3.8) is 0 Å². The number of rotatable bonds is 3. The topological polar surface area (TPSA) is 80.0 Å². The fourth-order valence-corrected chi connectivity index (χ4v) is 2.31. The summed E-state index contributed by atoms with van der Waals surface area (Å²) < 4.78 is 6.67. The van der Waals surface area contributed by atoms with E-state index in [0.717, 1.165) is 25.3 Å². The molecule has 1 aliphatic heterocycles. The van der Waals surface area contributed by atoms with Gasteiger partial charge in [-0.2, -0.15) is 0 Å². The zero-order valence-electron chi connectivity index (χ0n) is 10.5. The van der Waals surface area contributed by atoms with E-state index in [1.165, 1.54) is 10.7 Å². The van der Waals surface area contributed by atoms with Gasteiger partial charge in [0.1, 0.15) is 5.82 Å². The number of hydrogen-bond donors (Lipinski definition) is 1. The fraction of sp³-hybridized carbons (Fsp3) is 0.417. The number of carbonyl (C=O) groups is 1. The Hall–Kier alpha value is -2.15. The van der Waals surface area contributed by atoms with Crippen LogP contribution in [0.3, 0.4) is 0 Å². The molecule has 0 aromatic carbocycles. The van der Waals surface area contributed by atoms with Gasteiger partial charge in [-0.25, -0.2) is 14.3 Å². The standard InChI is InChI=1S/C12H14N4O3/c1-19-8-4-5-15(7-8)11-3-2-10-13-6-9(12(17)18)16(10)14-11/h2-3,6,8H,4-5,7H2,1H3,(H,17,18). The lowest BCUT2D eigenvalue weighted by Gasteiger charge is -2.16. The summed E-state index contributed by atoms with van der Waals surface area (Å²) in [6, 6.07) is 3.63. The van der Waals surface area contributed by atoms with Gasteiger partial charge < -0.3 is 14.7 Å². The minimum absolute atomic E-state index is 0.0688. The van der Waals surface area contributed by atoms with E-state index in [4.69, 9.17) is 9.84 Å². The SMILES string of the molecule is COC1CCN(c2ccc3ncc(C(=O)O)n3n2)C1. The summed E-state index contributed by atoms with van der Waals surface area (Å²) in [5, 5.41) is 13.4. The molecule has 3 heterocycles. The number of methoxy groups -OCH3 is 1. The van der Waals surface area contributed by atoms with E-state index in [9.17, 15) is 4.79 Å². The Bertz CT molecular complexity index is 624. The molecule has 3 rings (SSSR count). The number of anilines is 1. The number of aromatic nitrogens is 3. The molecule has 0 amide bonds. The quantitative estimate of drug-likeness (QED) is 0.875. The summed E-state index contributed by atoms with van der Waals surface area (Å²) in [5.74, 6) is -0.291. The third-order valence-electron chi connectivity index (χ3n) is 3.37. The lowest BCUT2D eigenvalue weighted by atomic mass is 10.3. The molecule has 100 valence electrons. The summed E-state index contributed by atoms with van der Waals surface area (Å²) in [4.78, 5) is 17.2. The van der Waals surface area contributed by atoms with Crippen LogP contribution in [-0.2, 0) is 4.74 Å². The van der Waals surface area contributed by atoms with Gasteiger partial charge in [0.05, 0.1) is 12.3 Å². The Labute approximate surface area is 109 Å². The van der Waals surface area contributed by atoms with Crippen molar-refractivity contribution in [3.05, 3.63) is 24.0 Å². The maximum absolute atomic E-state index is 11.1. The third kappa shape index (κ3) is 2.01. The number of fused-ring (bicyclic) bond motifs is 1. The zero-order chi connectivity index (χ0) is 13.4. The molecular weight excluding hydrogens is 248 g/mol. The number of imidazole rings is 1. The largest absolute Gasteiger partial charge is 0.476 e. The smallest absolute Gasteiger partial charge is 0.356 e. The highest BCUT2D eigenvalue weighted by molar-refractivity contribution is 5.86. The minimum Gasteiger partial charge on any atom is -0.476 e. The first-order valence-electron chi connectivity index (χ1n) is 6.05. The number of ether oxygens (including phenoxy) is 1. The van der Waals surface area contributed by atoms with Gasteiger partial charge in [0.15, 0.2) is 11.3 Å². The molecule has 7 nitrogen and oxygen atoms in total. The number of aromatic carboxylic acids is 1. The van der Waals surface area contributed by atoms with Gasteiger partial charge in [0, 0.05) is 20.2 Å². The summed E-state index contributed by atoms with van der Waals surface area (Å²) in [7, 11) is 1.70. The van der Waals surface area contributed by atoms with Crippen LogP contribution >= 0.6 is 0 Å². The van der Waals surface area contributed by atoms with E-state index in [1.54, 1.807) is 13.2 Å². The van der Waals surface area contributed by atoms with Crippen molar-refractivity contribution in [2.75, 3.05) is 25.1 Å². The van der Waals surface area contributed by atoms with Crippen LogP contribution in [0.25, 0.3) is 5.65 Å². The van der Waals surface area contributed by atoms with Crippen molar-refractivity contribution < 1.29 is 14.6 Å². The molecule has 1 saturated heterocycles. The molecule has 2 aromatic heterocycles. The molecule has 1 fully saturated rings. The highest BCUT2D eigenvalue weighted by Gasteiger charge is 2.24. The Morgan fingerprint density at radius 3 is 3.05 bits per heavy atom. The van der Waals surface area contributed by atoms with E-state index in [2.05, 4.69) is 15.0 Å². The Morgan fingerprint density at radius 2 is 2.37 bits per heavy atom. The van der Waals surface area contributed by atoms with Crippen molar-refractivity contribution in [1.82, 2.24) is 14.6 Å². The third-order valence-corrected chi connectivity index (χ3v) is 3.37. The molecule has 1 aliphatic rings. The van der Waals surface area contributed by atoms with Gasteiger partial charge in [-0.05, 0) is 18.6 Å². The van der Waals surface area contributed by atoms with E-state index in [-0.39, 0.29) is 11.8 Å². The van der Waals surface area contributed by atoms with Gasteiger partial charge in [-0.3, -0.25) is 0 Å². The molecule has 7 heteroatoms. The Kier molecular flexibility index (Phi) is 2.83. The maximum atomic E-state index is 11.1. The van der Waals surface area contributed by atoms with Crippen LogP contribution in [0.4, 0.5) is 5.82 Å². The lowest BCUT2D eigenvalue weighted by Crippen LogP contribution is -2.24. The summed E-state index contributed by atoms with van der Waals surface area (Å²) in [6.45, 7) is 1.63. The van der Waals surface area contributed by atoms with Crippen LogP contribution in [-0.4, -0.2) is 52.0 Å². The van der Waals surface area contributed by atoms with Gasteiger partial charge in [0.25, 0.3) is 0 Å². The predicted octanol–water partition coefficient (Wildman–Crippen LogP) is 0.653. The first kappa shape index (κ1) is 11.9. The first-order valence-corrected chi connectivity index (χ1v) is 6.05. The molecule has 1 N–H and O–H groups in total. The molecule has 0 spiro atoms. The van der Waals surface area contributed by atoms with Gasteiger partial charge in [-0.15, -0.1) is 5.10 Å². The van der Waals surface area contributed by atoms with E-state index < -0.39 is 5.97 Å². The second kappa shape index (κ2) is 4.51. The van der Waals surface area contributed by atoms with Crippen LogP contribution in [0, 0.1) is 0 Å². The number of nitrogens with zero attached hydrogens (tertiary/aromatic N) is 4. The fourth-order valence-electron chi connectivity index (χ4n) is 2.31. The van der Waals surface area contributed by atoms with Crippen molar-refractivity contribution in [3.8, 4) is 0 Å². The summed E-state index contributed by atoms with van der Waals surface area (Å²) >= 11 is 0. The van der Waals surface area contributed by atoms with Crippen molar-refractivity contribution in [2.24, 2.45) is 0 Å². The second-order valence-corrected chi connectivity index (χ2v) is 4.50. The normalized spacial score (nSPS) is 19.2. The van der Waals surface area contributed by atoms with Gasteiger partial charge >= 0.3 is 5.97 Å². The number of carboxylic acid groups (broad SMARTS) is 1. The van der Waals surface area contributed by atoms with Crippen molar-refractivity contribution in [1.29, 1.82) is 0 Å². The van der Waals surface area contributed by atoms with E-state index in [1.807, 2.05) is 6.07 Å². The molecule has 0 radical (unpaired) electrons. The van der Waals surface area contributed by atoms with Crippen LogP contribution < -0.4 is 4.90 Å². The van der Waals surface area contributed by atoms with Gasteiger partial charge in [-0.1, -0.05) is 0 Å². The maximum Gasteiger partial charge on any atom is 0.356 e. The lowest BCUT2D eigenvalue weighted by molar-refractivity contribution is 0.0688. The molecule has 1 unspecified atom stereocenters. The first-order chi connectivity index (χ1) is 9.19.